The summed E-state index contributed by atoms with van der Waals surface area (Å²) in [6.45, 7) is 23.4. The van der Waals surface area contributed by atoms with Crippen LogP contribution in [-0.4, -0.2) is 13.2 Å². The molecule has 1 heterocycles. The lowest BCUT2D eigenvalue weighted by molar-refractivity contribution is 0.731. The Labute approximate surface area is 143 Å². The van der Waals surface area contributed by atoms with Gasteiger partial charge in [-0.3, -0.25) is 0 Å². The summed E-state index contributed by atoms with van der Waals surface area (Å²) in [4.78, 5) is 11.6. The van der Waals surface area contributed by atoms with E-state index in [0.717, 1.165) is 17.1 Å². The van der Waals surface area contributed by atoms with Gasteiger partial charge in [0.15, 0.2) is 5.69 Å². The Morgan fingerprint density at radius 3 is 2.25 bits per heavy atom. The maximum Gasteiger partial charge on any atom is 0.202 e. The Balaban J connectivity index is 2.34. The second kappa shape index (κ2) is 5.58. The summed E-state index contributed by atoms with van der Waals surface area (Å²) < 4.78 is 0. The molecule has 120 valence electrons. The maximum absolute atomic E-state index is 7.59. The van der Waals surface area contributed by atoms with Gasteiger partial charge >= 0.3 is 0 Å². The fraction of sp³-hybridized carbons (Fsp3) is 0.300. The number of benzene rings is 2. The van der Waals surface area contributed by atoms with Crippen LogP contribution < -0.4 is 9.80 Å². The first-order valence-corrected chi connectivity index (χ1v) is 7.92. The Kier molecular flexibility index (Phi) is 3.70. The van der Waals surface area contributed by atoms with Crippen molar-refractivity contribution in [2.24, 2.45) is 0 Å². The van der Waals surface area contributed by atoms with Crippen molar-refractivity contribution in [3.05, 3.63) is 63.8 Å². The number of fused-ring (bicyclic) bond motifs is 1. The van der Waals surface area contributed by atoms with Gasteiger partial charge in [0.05, 0.1) is 18.8 Å². The van der Waals surface area contributed by atoms with E-state index in [-0.39, 0.29) is 6.17 Å². The molecule has 4 heteroatoms. The molecule has 2 aromatic carbocycles. The van der Waals surface area contributed by atoms with Crippen LogP contribution in [0.25, 0.3) is 9.69 Å². The molecular formula is C20H20N4. The standard InChI is InChI=1S/C20H20N4/c1-12-8-9-13(2)19(14(12)3)24-15(4)23(7)18-11-16(21-5)10-17(22-6)20(18)24/h8-11,15H,1-4,7H3/t15-/m0/s1. The summed E-state index contributed by atoms with van der Waals surface area (Å²) >= 11 is 0. The second-order valence-electron chi connectivity index (χ2n) is 6.34. The van der Waals surface area contributed by atoms with Gasteiger partial charge in [0, 0.05) is 18.4 Å². The van der Waals surface area contributed by atoms with E-state index in [4.69, 9.17) is 13.1 Å². The lowest BCUT2D eigenvalue weighted by Gasteiger charge is -2.31. The lowest BCUT2D eigenvalue weighted by Crippen LogP contribution is -2.36. The molecule has 3 rings (SSSR count). The third kappa shape index (κ3) is 2.12. The largest absolute Gasteiger partial charge is 0.355 e. The SMILES string of the molecule is [C-]#[N+]c1cc([N+]#[C-])c2c(c1)N(C)[C@H](C)N2c1c(C)ccc(C)c1C. The Hall–Kier alpha value is -2.98. The summed E-state index contributed by atoms with van der Waals surface area (Å²) in [6.07, 6.45) is 0.0840. The molecular weight excluding hydrogens is 296 g/mol. The van der Waals surface area contributed by atoms with Gasteiger partial charge in [-0.05, 0) is 56.5 Å². The molecule has 0 aliphatic carbocycles. The van der Waals surface area contributed by atoms with Crippen LogP contribution in [0.15, 0.2) is 24.3 Å². The van der Waals surface area contributed by atoms with Crippen molar-refractivity contribution in [2.75, 3.05) is 16.8 Å². The highest BCUT2D eigenvalue weighted by atomic mass is 15.4. The zero-order valence-electron chi connectivity index (χ0n) is 14.7. The molecule has 1 aliphatic rings. The van der Waals surface area contributed by atoms with Gasteiger partial charge in [-0.2, -0.15) is 0 Å². The van der Waals surface area contributed by atoms with E-state index in [1.165, 1.54) is 16.7 Å². The van der Waals surface area contributed by atoms with E-state index in [2.05, 4.69) is 59.3 Å². The lowest BCUT2D eigenvalue weighted by atomic mass is 10.0. The Morgan fingerprint density at radius 2 is 1.62 bits per heavy atom. The first-order chi connectivity index (χ1) is 11.4. The monoisotopic (exact) mass is 316 g/mol. The van der Waals surface area contributed by atoms with Crippen LogP contribution in [0.4, 0.5) is 28.4 Å². The number of aryl methyl sites for hydroxylation is 2. The molecule has 0 spiro atoms. The van der Waals surface area contributed by atoms with Gasteiger partial charge < -0.3 is 9.80 Å². The molecule has 24 heavy (non-hydrogen) atoms. The summed E-state index contributed by atoms with van der Waals surface area (Å²) in [5.41, 5.74) is 7.72. The molecule has 1 atom stereocenters. The van der Waals surface area contributed by atoms with Crippen LogP contribution in [0.1, 0.15) is 23.6 Å². The molecule has 2 aromatic rings. The minimum absolute atomic E-state index is 0.0840. The minimum Gasteiger partial charge on any atom is -0.355 e. The van der Waals surface area contributed by atoms with Crippen LogP contribution in [0.5, 0.6) is 0 Å². The molecule has 4 nitrogen and oxygen atoms in total. The molecule has 0 saturated heterocycles. The highest BCUT2D eigenvalue weighted by Crippen LogP contribution is 2.52. The fourth-order valence-corrected chi connectivity index (χ4v) is 3.42. The first kappa shape index (κ1) is 15.9. The number of hydrogen-bond donors (Lipinski definition) is 0. The second-order valence-corrected chi connectivity index (χ2v) is 6.34. The van der Waals surface area contributed by atoms with Crippen LogP contribution in [0.3, 0.4) is 0 Å². The third-order valence-electron chi connectivity index (χ3n) is 5.00. The topological polar surface area (TPSA) is 15.2 Å². The van der Waals surface area contributed by atoms with Crippen LogP contribution in [-0.2, 0) is 0 Å². The van der Waals surface area contributed by atoms with Crippen molar-refractivity contribution >= 4 is 28.4 Å². The summed E-state index contributed by atoms with van der Waals surface area (Å²) in [5, 5.41) is 0. The predicted molar refractivity (Wildman–Crippen MR) is 99.6 cm³/mol. The third-order valence-corrected chi connectivity index (χ3v) is 5.00. The zero-order valence-corrected chi connectivity index (χ0v) is 14.7. The predicted octanol–water partition coefficient (Wildman–Crippen LogP) is 5.65. The molecule has 0 bridgehead atoms. The van der Waals surface area contributed by atoms with Crippen molar-refractivity contribution in [1.82, 2.24) is 0 Å². The average Bonchev–Trinajstić information content (AvgIpc) is 2.83. The highest BCUT2D eigenvalue weighted by molar-refractivity contribution is 5.96. The van der Waals surface area contributed by atoms with E-state index in [1.807, 2.05) is 13.1 Å². The van der Waals surface area contributed by atoms with E-state index >= 15 is 0 Å². The summed E-state index contributed by atoms with van der Waals surface area (Å²) in [6, 6.07) is 7.84. The molecule has 0 aromatic heterocycles. The van der Waals surface area contributed by atoms with Crippen molar-refractivity contribution in [2.45, 2.75) is 33.9 Å². The molecule has 0 saturated carbocycles. The van der Waals surface area contributed by atoms with E-state index < -0.39 is 0 Å². The molecule has 0 amide bonds. The summed E-state index contributed by atoms with van der Waals surface area (Å²) in [5.74, 6) is 0. The van der Waals surface area contributed by atoms with Crippen molar-refractivity contribution in [3.8, 4) is 0 Å². The summed E-state index contributed by atoms with van der Waals surface area (Å²) in [7, 11) is 2.02. The van der Waals surface area contributed by atoms with Gasteiger partial charge in [0.1, 0.15) is 6.17 Å². The number of rotatable bonds is 1. The normalized spacial score (nSPS) is 15.9. The van der Waals surface area contributed by atoms with Crippen LogP contribution in [0.2, 0.25) is 0 Å². The number of hydrogen-bond acceptors (Lipinski definition) is 2. The zero-order chi connectivity index (χ0) is 17.6. The molecule has 0 N–H and O–H groups in total. The van der Waals surface area contributed by atoms with Gasteiger partial charge in [-0.1, -0.05) is 12.1 Å². The molecule has 0 radical (unpaired) electrons. The maximum atomic E-state index is 7.59. The smallest absolute Gasteiger partial charge is 0.202 e. The number of nitrogens with zero attached hydrogens (tertiary/aromatic N) is 4. The van der Waals surface area contributed by atoms with Crippen molar-refractivity contribution in [3.63, 3.8) is 0 Å². The minimum atomic E-state index is 0.0840. The number of anilines is 3. The van der Waals surface area contributed by atoms with E-state index in [9.17, 15) is 0 Å². The first-order valence-electron chi connectivity index (χ1n) is 7.92. The van der Waals surface area contributed by atoms with Crippen molar-refractivity contribution < 1.29 is 0 Å². The van der Waals surface area contributed by atoms with Gasteiger partial charge in [0.2, 0.25) is 5.69 Å². The fourth-order valence-electron chi connectivity index (χ4n) is 3.42. The van der Waals surface area contributed by atoms with E-state index in [0.29, 0.717) is 11.4 Å². The Bertz CT molecular complexity index is 915. The van der Waals surface area contributed by atoms with Gasteiger partial charge in [-0.15, -0.1) is 0 Å². The van der Waals surface area contributed by atoms with Gasteiger partial charge in [0.25, 0.3) is 0 Å². The quantitative estimate of drug-likeness (QED) is 0.632. The Morgan fingerprint density at radius 1 is 0.958 bits per heavy atom. The van der Waals surface area contributed by atoms with Crippen molar-refractivity contribution in [1.29, 1.82) is 0 Å². The van der Waals surface area contributed by atoms with Crippen LogP contribution >= 0.6 is 0 Å². The van der Waals surface area contributed by atoms with E-state index in [1.54, 1.807) is 6.07 Å². The van der Waals surface area contributed by atoms with Crippen LogP contribution in [0, 0.1) is 33.9 Å². The average molecular weight is 316 g/mol. The molecule has 1 aliphatic heterocycles. The highest BCUT2D eigenvalue weighted by Gasteiger charge is 2.35. The van der Waals surface area contributed by atoms with Gasteiger partial charge in [-0.25, -0.2) is 9.69 Å². The molecule has 0 fully saturated rings. The molecule has 0 unspecified atom stereocenters.